The van der Waals surface area contributed by atoms with Gasteiger partial charge < -0.3 is 4.74 Å². The number of rotatable bonds is 4. The molecule has 1 aliphatic heterocycles. The van der Waals surface area contributed by atoms with Crippen molar-refractivity contribution >= 4 is 0 Å². The first-order chi connectivity index (χ1) is 9.66. The van der Waals surface area contributed by atoms with Gasteiger partial charge in [0.15, 0.2) is 0 Å². The molecule has 0 aliphatic carbocycles. The average molecular weight is 271 g/mol. The van der Waals surface area contributed by atoms with E-state index in [1.54, 1.807) is 12.2 Å². The standard InChI is InChI=1S/C15H17N3O2/c1-15(12-4-6-14(19-2)7-5-12)13(10-17)11-20-18(15)9-3-8-16/h4-7,13H,3,9,11H2,1-2H3/t13-,15+/m1/s1. The molecule has 0 spiro atoms. The molecule has 0 saturated carbocycles. The highest BCUT2D eigenvalue weighted by Gasteiger charge is 2.48. The fourth-order valence-corrected chi connectivity index (χ4v) is 2.52. The van der Waals surface area contributed by atoms with Crippen molar-refractivity contribution in [3.63, 3.8) is 0 Å². The zero-order valence-corrected chi connectivity index (χ0v) is 11.7. The molecule has 5 heteroatoms. The SMILES string of the molecule is COc1ccc([C@@]2(C)[C@H](C#N)CON2CCC#N)cc1. The fourth-order valence-electron chi connectivity index (χ4n) is 2.52. The Labute approximate surface area is 118 Å². The van der Waals surface area contributed by atoms with E-state index in [1.807, 2.05) is 31.2 Å². The van der Waals surface area contributed by atoms with Crippen molar-refractivity contribution in [2.75, 3.05) is 20.3 Å². The Morgan fingerprint density at radius 1 is 1.40 bits per heavy atom. The lowest BCUT2D eigenvalue weighted by molar-refractivity contribution is -0.161. The summed E-state index contributed by atoms with van der Waals surface area (Å²) in [7, 11) is 1.62. The molecule has 5 nitrogen and oxygen atoms in total. The van der Waals surface area contributed by atoms with Gasteiger partial charge in [-0.1, -0.05) is 12.1 Å². The average Bonchev–Trinajstić information content (AvgIpc) is 2.82. The number of hydrogen-bond acceptors (Lipinski definition) is 5. The van der Waals surface area contributed by atoms with Crippen molar-refractivity contribution in [1.82, 2.24) is 5.06 Å². The van der Waals surface area contributed by atoms with E-state index in [0.717, 1.165) is 11.3 Å². The van der Waals surface area contributed by atoms with E-state index in [4.69, 9.17) is 14.8 Å². The second kappa shape index (κ2) is 5.92. The van der Waals surface area contributed by atoms with Crippen LogP contribution < -0.4 is 4.74 Å². The molecule has 2 rings (SSSR count). The van der Waals surface area contributed by atoms with Gasteiger partial charge in [0, 0.05) is 6.54 Å². The Morgan fingerprint density at radius 3 is 2.65 bits per heavy atom. The summed E-state index contributed by atoms with van der Waals surface area (Å²) in [6.45, 7) is 2.81. The van der Waals surface area contributed by atoms with Gasteiger partial charge in [0.2, 0.25) is 0 Å². The van der Waals surface area contributed by atoms with Crippen LogP contribution in [0.5, 0.6) is 5.75 Å². The van der Waals surface area contributed by atoms with Crippen LogP contribution in [0.25, 0.3) is 0 Å². The molecule has 1 saturated heterocycles. The number of nitrogens with zero attached hydrogens (tertiary/aromatic N) is 3. The zero-order valence-electron chi connectivity index (χ0n) is 11.7. The van der Waals surface area contributed by atoms with Gasteiger partial charge >= 0.3 is 0 Å². The third-order valence-corrected chi connectivity index (χ3v) is 3.85. The molecule has 0 unspecified atom stereocenters. The molecule has 1 fully saturated rings. The number of ether oxygens (including phenoxy) is 1. The van der Waals surface area contributed by atoms with E-state index in [2.05, 4.69) is 12.1 Å². The Kier molecular flexibility index (Phi) is 4.24. The second-order valence-electron chi connectivity index (χ2n) is 4.86. The van der Waals surface area contributed by atoms with Crippen molar-refractivity contribution in [2.45, 2.75) is 18.9 Å². The van der Waals surface area contributed by atoms with Gasteiger partial charge in [-0.15, -0.1) is 0 Å². The summed E-state index contributed by atoms with van der Waals surface area (Å²) >= 11 is 0. The summed E-state index contributed by atoms with van der Waals surface area (Å²) in [6.07, 6.45) is 0.365. The normalized spacial score (nSPS) is 25.9. The Balaban J connectivity index is 2.34. The van der Waals surface area contributed by atoms with Crippen LogP contribution in [0.3, 0.4) is 0 Å². The molecule has 1 aromatic rings. The van der Waals surface area contributed by atoms with E-state index in [1.165, 1.54) is 0 Å². The van der Waals surface area contributed by atoms with Gasteiger partial charge in [-0.2, -0.15) is 15.6 Å². The van der Waals surface area contributed by atoms with E-state index in [9.17, 15) is 5.26 Å². The van der Waals surface area contributed by atoms with E-state index in [0.29, 0.717) is 19.6 Å². The lowest BCUT2D eigenvalue weighted by Gasteiger charge is -2.34. The van der Waals surface area contributed by atoms with Crippen molar-refractivity contribution in [3.05, 3.63) is 29.8 Å². The fraction of sp³-hybridized carbons (Fsp3) is 0.467. The first-order valence-electron chi connectivity index (χ1n) is 6.48. The summed E-state index contributed by atoms with van der Waals surface area (Å²) in [5.41, 5.74) is 0.443. The lowest BCUT2D eigenvalue weighted by atomic mass is 9.81. The monoisotopic (exact) mass is 271 g/mol. The summed E-state index contributed by atoms with van der Waals surface area (Å²) in [4.78, 5) is 5.61. The number of methoxy groups -OCH3 is 1. The van der Waals surface area contributed by atoms with Crippen molar-refractivity contribution in [3.8, 4) is 17.9 Å². The van der Waals surface area contributed by atoms with Crippen LogP contribution in [0.1, 0.15) is 18.9 Å². The van der Waals surface area contributed by atoms with Gasteiger partial charge in [-0.05, 0) is 24.6 Å². The van der Waals surface area contributed by atoms with Gasteiger partial charge in [-0.3, -0.25) is 4.84 Å². The minimum atomic E-state index is -0.544. The van der Waals surface area contributed by atoms with E-state index in [-0.39, 0.29) is 5.92 Å². The molecule has 2 atom stereocenters. The second-order valence-corrected chi connectivity index (χ2v) is 4.86. The predicted molar refractivity (Wildman–Crippen MR) is 72.3 cm³/mol. The number of hydrogen-bond donors (Lipinski definition) is 0. The first-order valence-corrected chi connectivity index (χ1v) is 6.48. The van der Waals surface area contributed by atoms with Crippen LogP contribution in [-0.2, 0) is 10.4 Å². The molecule has 0 amide bonds. The molecule has 0 radical (unpaired) electrons. The van der Waals surface area contributed by atoms with Crippen LogP contribution >= 0.6 is 0 Å². The highest BCUT2D eigenvalue weighted by Crippen LogP contribution is 2.41. The van der Waals surface area contributed by atoms with Crippen LogP contribution in [0.15, 0.2) is 24.3 Å². The maximum Gasteiger partial charge on any atom is 0.118 e. The van der Waals surface area contributed by atoms with Crippen LogP contribution in [0.2, 0.25) is 0 Å². The van der Waals surface area contributed by atoms with Gasteiger partial charge in [0.05, 0.1) is 43.7 Å². The van der Waals surface area contributed by atoms with Crippen LogP contribution in [0.4, 0.5) is 0 Å². The van der Waals surface area contributed by atoms with Crippen LogP contribution in [0, 0.1) is 28.6 Å². The molecular formula is C15H17N3O2. The molecule has 20 heavy (non-hydrogen) atoms. The molecule has 0 bridgehead atoms. The summed E-state index contributed by atoms with van der Waals surface area (Å²) in [5, 5.41) is 19.9. The summed E-state index contributed by atoms with van der Waals surface area (Å²) < 4.78 is 5.16. The third kappa shape index (κ3) is 2.34. The minimum Gasteiger partial charge on any atom is -0.497 e. The minimum absolute atomic E-state index is 0.269. The zero-order chi connectivity index (χ0) is 14.6. The topological polar surface area (TPSA) is 69.3 Å². The Bertz CT molecular complexity index is 544. The summed E-state index contributed by atoms with van der Waals surface area (Å²) in [6, 6.07) is 12.0. The number of benzene rings is 1. The molecule has 1 heterocycles. The Hall–Kier alpha value is -2.08. The molecule has 104 valence electrons. The van der Waals surface area contributed by atoms with Crippen molar-refractivity contribution in [2.24, 2.45) is 5.92 Å². The van der Waals surface area contributed by atoms with E-state index >= 15 is 0 Å². The molecule has 0 aromatic heterocycles. The Morgan fingerprint density at radius 2 is 2.10 bits per heavy atom. The van der Waals surface area contributed by atoms with Gasteiger partial charge in [0.1, 0.15) is 5.75 Å². The third-order valence-electron chi connectivity index (χ3n) is 3.85. The summed E-state index contributed by atoms with van der Waals surface area (Å²) in [5.74, 6) is 0.503. The van der Waals surface area contributed by atoms with E-state index < -0.39 is 5.54 Å². The molecule has 1 aromatic carbocycles. The smallest absolute Gasteiger partial charge is 0.118 e. The molecule has 0 N–H and O–H groups in total. The molecular weight excluding hydrogens is 254 g/mol. The maximum atomic E-state index is 9.36. The van der Waals surface area contributed by atoms with Gasteiger partial charge in [0.25, 0.3) is 0 Å². The first kappa shape index (κ1) is 14.3. The largest absolute Gasteiger partial charge is 0.497 e. The van der Waals surface area contributed by atoms with Crippen LogP contribution in [-0.4, -0.2) is 25.3 Å². The highest BCUT2D eigenvalue weighted by molar-refractivity contribution is 5.33. The number of hydroxylamine groups is 2. The molecule has 1 aliphatic rings. The van der Waals surface area contributed by atoms with Gasteiger partial charge in [-0.25, -0.2) is 0 Å². The highest BCUT2D eigenvalue weighted by atomic mass is 16.7. The number of nitriles is 2. The lowest BCUT2D eigenvalue weighted by Crippen LogP contribution is -2.42. The van der Waals surface area contributed by atoms with Crippen molar-refractivity contribution < 1.29 is 9.57 Å². The maximum absolute atomic E-state index is 9.36. The predicted octanol–water partition coefficient (Wildman–Crippen LogP) is 2.21. The van der Waals surface area contributed by atoms with Crippen molar-refractivity contribution in [1.29, 1.82) is 10.5 Å². The quantitative estimate of drug-likeness (QED) is 0.839.